The molecule has 0 unspecified atom stereocenters. The van der Waals surface area contributed by atoms with Gasteiger partial charge in [-0.1, -0.05) is 0 Å². The van der Waals surface area contributed by atoms with Crippen LogP contribution in [-0.2, 0) is 11.3 Å². The maximum Gasteiger partial charge on any atom is 0.282 e. The molecule has 3 rings (SSSR count). The summed E-state index contributed by atoms with van der Waals surface area (Å²) in [6, 6.07) is 3.64. The van der Waals surface area contributed by atoms with Crippen LogP contribution in [0.4, 0.5) is 8.78 Å². The lowest BCUT2D eigenvalue weighted by atomic mass is 10.1. The number of pyridine rings is 1. The van der Waals surface area contributed by atoms with E-state index in [1.165, 1.54) is 0 Å². The van der Waals surface area contributed by atoms with Crippen molar-refractivity contribution in [2.24, 2.45) is 0 Å². The van der Waals surface area contributed by atoms with Crippen LogP contribution >= 0.6 is 15.9 Å². The van der Waals surface area contributed by atoms with Gasteiger partial charge in [-0.05, 0) is 28.1 Å². The third kappa shape index (κ3) is 2.34. The van der Waals surface area contributed by atoms with Gasteiger partial charge in [0.05, 0.1) is 24.1 Å². The number of fused-ring (bicyclic) bond motifs is 1. The molecule has 0 saturated carbocycles. The topological polar surface area (TPSA) is 38.1 Å². The van der Waals surface area contributed by atoms with E-state index < -0.39 is 19.0 Å². The van der Waals surface area contributed by atoms with Crippen LogP contribution in [0.2, 0.25) is 0 Å². The van der Waals surface area contributed by atoms with Crippen LogP contribution < -0.4 is 0 Å². The Morgan fingerprint density at radius 1 is 1.47 bits per heavy atom. The van der Waals surface area contributed by atoms with Crippen molar-refractivity contribution in [1.29, 1.82) is 0 Å². The van der Waals surface area contributed by atoms with Crippen LogP contribution in [0.1, 0.15) is 0 Å². The second-order valence-electron chi connectivity index (χ2n) is 4.61. The zero-order valence-corrected chi connectivity index (χ0v) is 11.4. The molecule has 0 aliphatic carbocycles. The lowest BCUT2D eigenvalue weighted by Crippen LogP contribution is -2.59. The van der Waals surface area contributed by atoms with E-state index in [-0.39, 0.29) is 12.5 Å². The number of likely N-dealkylation sites (tertiary alicyclic amines) is 1. The highest BCUT2D eigenvalue weighted by atomic mass is 79.9. The SMILES string of the molecule is O=C(Cn1ccc2ncc(Br)cc21)N1CC(F)(F)C1. The van der Waals surface area contributed by atoms with Crippen LogP contribution in [0, 0.1) is 0 Å². The Balaban J connectivity index is 1.78. The fourth-order valence-corrected chi connectivity index (χ4v) is 2.43. The van der Waals surface area contributed by atoms with Gasteiger partial charge in [0.25, 0.3) is 5.92 Å². The van der Waals surface area contributed by atoms with E-state index in [9.17, 15) is 13.6 Å². The zero-order valence-electron chi connectivity index (χ0n) is 9.81. The van der Waals surface area contributed by atoms with E-state index >= 15 is 0 Å². The van der Waals surface area contributed by atoms with E-state index in [0.717, 1.165) is 20.4 Å². The lowest BCUT2D eigenvalue weighted by molar-refractivity contribution is -0.166. The number of alkyl halides is 2. The van der Waals surface area contributed by atoms with Crippen molar-refractivity contribution in [2.45, 2.75) is 12.5 Å². The second kappa shape index (κ2) is 4.26. The van der Waals surface area contributed by atoms with Gasteiger partial charge in [0.15, 0.2) is 0 Å². The van der Waals surface area contributed by atoms with E-state index in [2.05, 4.69) is 20.9 Å². The van der Waals surface area contributed by atoms with Gasteiger partial charge in [0, 0.05) is 16.9 Å². The number of carbonyl (C=O) groups is 1. The van der Waals surface area contributed by atoms with Gasteiger partial charge in [0.1, 0.15) is 6.54 Å². The number of carbonyl (C=O) groups excluding carboxylic acids is 1. The molecular formula is C12H10BrF2N3O. The highest BCUT2D eigenvalue weighted by Crippen LogP contribution is 2.27. The van der Waals surface area contributed by atoms with E-state index in [1.54, 1.807) is 23.0 Å². The molecule has 4 nitrogen and oxygen atoms in total. The van der Waals surface area contributed by atoms with Crippen LogP contribution in [-0.4, -0.2) is 39.4 Å². The number of hydrogen-bond donors (Lipinski definition) is 0. The summed E-state index contributed by atoms with van der Waals surface area (Å²) in [6.45, 7) is -0.905. The molecule has 0 bridgehead atoms. The molecule has 1 aliphatic rings. The fraction of sp³-hybridized carbons (Fsp3) is 0.333. The van der Waals surface area contributed by atoms with Crippen molar-refractivity contribution < 1.29 is 13.6 Å². The van der Waals surface area contributed by atoms with Gasteiger partial charge in [-0.2, -0.15) is 0 Å². The Labute approximate surface area is 116 Å². The first-order valence-electron chi connectivity index (χ1n) is 5.71. The summed E-state index contributed by atoms with van der Waals surface area (Å²) in [4.78, 5) is 17.2. The molecule has 3 heterocycles. The summed E-state index contributed by atoms with van der Waals surface area (Å²) in [7, 11) is 0. The summed E-state index contributed by atoms with van der Waals surface area (Å²) in [5, 5.41) is 0. The first kappa shape index (κ1) is 12.5. The molecule has 100 valence electrons. The number of nitrogens with zero attached hydrogens (tertiary/aromatic N) is 3. The zero-order chi connectivity index (χ0) is 13.6. The van der Waals surface area contributed by atoms with Gasteiger partial charge in [-0.3, -0.25) is 9.78 Å². The Morgan fingerprint density at radius 3 is 2.89 bits per heavy atom. The minimum absolute atomic E-state index is 0.0533. The molecule has 0 spiro atoms. The van der Waals surface area contributed by atoms with Gasteiger partial charge in [-0.15, -0.1) is 0 Å². The molecule has 2 aromatic rings. The van der Waals surface area contributed by atoms with E-state index in [1.807, 2.05) is 6.07 Å². The third-order valence-corrected chi connectivity index (χ3v) is 3.52. The Morgan fingerprint density at radius 2 is 2.21 bits per heavy atom. The number of hydrogen-bond acceptors (Lipinski definition) is 2. The molecule has 0 aromatic carbocycles. The third-order valence-electron chi connectivity index (χ3n) is 3.09. The average molecular weight is 330 g/mol. The Kier molecular flexibility index (Phi) is 2.81. The highest BCUT2D eigenvalue weighted by Gasteiger charge is 2.46. The van der Waals surface area contributed by atoms with E-state index in [0.29, 0.717) is 0 Å². The quantitative estimate of drug-likeness (QED) is 0.847. The van der Waals surface area contributed by atoms with Crippen molar-refractivity contribution in [3.05, 3.63) is 29.0 Å². The molecule has 0 N–H and O–H groups in total. The van der Waals surface area contributed by atoms with Crippen molar-refractivity contribution >= 4 is 32.9 Å². The maximum atomic E-state index is 12.7. The molecule has 1 aliphatic heterocycles. The molecule has 7 heteroatoms. The van der Waals surface area contributed by atoms with Crippen molar-refractivity contribution in [2.75, 3.05) is 13.1 Å². The lowest BCUT2D eigenvalue weighted by Gasteiger charge is -2.38. The van der Waals surface area contributed by atoms with E-state index in [4.69, 9.17) is 0 Å². The van der Waals surface area contributed by atoms with Crippen molar-refractivity contribution in [3.8, 4) is 0 Å². The smallest absolute Gasteiger partial charge is 0.282 e. The standard InChI is InChI=1S/C12H10BrF2N3O/c13-8-3-10-9(16-4-8)1-2-17(10)5-11(19)18-6-12(14,15)7-18/h1-4H,5-7H2. The summed E-state index contributed by atoms with van der Waals surface area (Å²) < 4.78 is 28.0. The number of aromatic nitrogens is 2. The molecule has 19 heavy (non-hydrogen) atoms. The van der Waals surface area contributed by atoms with Crippen LogP contribution in [0.5, 0.6) is 0 Å². The highest BCUT2D eigenvalue weighted by molar-refractivity contribution is 9.10. The average Bonchev–Trinajstić information content (AvgIpc) is 2.68. The number of halogens is 3. The van der Waals surface area contributed by atoms with Gasteiger partial charge in [0.2, 0.25) is 5.91 Å². The molecule has 1 fully saturated rings. The summed E-state index contributed by atoms with van der Waals surface area (Å²) in [5.41, 5.74) is 1.57. The first-order chi connectivity index (χ1) is 8.94. The van der Waals surface area contributed by atoms with Gasteiger partial charge in [-0.25, -0.2) is 8.78 Å². The molecular weight excluding hydrogens is 320 g/mol. The Bertz CT molecular complexity index is 647. The van der Waals surface area contributed by atoms with Crippen LogP contribution in [0.15, 0.2) is 29.0 Å². The van der Waals surface area contributed by atoms with Crippen LogP contribution in [0.3, 0.4) is 0 Å². The molecule has 1 saturated heterocycles. The summed E-state index contributed by atoms with van der Waals surface area (Å²) >= 11 is 3.32. The van der Waals surface area contributed by atoms with Crippen molar-refractivity contribution in [1.82, 2.24) is 14.5 Å². The molecule has 2 aromatic heterocycles. The largest absolute Gasteiger partial charge is 0.337 e. The predicted octanol–water partition coefficient (Wildman–Crippen LogP) is 2.28. The maximum absolute atomic E-state index is 12.7. The minimum atomic E-state index is -2.72. The van der Waals surface area contributed by atoms with Gasteiger partial charge >= 0.3 is 0 Å². The van der Waals surface area contributed by atoms with Gasteiger partial charge < -0.3 is 9.47 Å². The second-order valence-corrected chi connectivity index (χ2v) is 5.52. The monoisotopic (exact) mass is 329 g/mol. The van der Waals surface area contributed by atoms with Crippen molar-refractivity contribution in [3.63, 3.8) is 0 Å². The first-order valence-corrected chi connectivity index (χ1v) is 6.50. The fourth-order valence-electron chi connectivity index (χ4n) is 2.11. The summed E-state index contributed by atoms with van der Waals surface area (Å²) in [6.07, 6.45) is 3.41. The minimum Gasteiger partial charge on any atom is -0.337 e. The normalized spacial score (nSPS) is 17.5. The Hall–Kier alpha value is -1.50. The predicted molar refractivity (Wildman–Crippen MR) is 69.0 cm³/mol. The molecule has 0 radical (unpaired) electrons. The number of rotatable bonds is 2. The molecule has 0 atom stereocenters. The van der Waals surface area contributed by atoms with Crippen LogP contribution in [0.25, 0.3) is 11.0 Å². The summed E-state index contributed by atoms with van der Waals surface area (Å²) in [5.74, 6) is -3.03. The molecule has 1 amide bonds. The number of amides is 1.